The van der Waals surface area contributed by atoms with E-state index in [-0.39, 0.29) is 42.8 Å². The quantitative estimate of drug-likeness (QED) is 0.247. The Kier molecular flexibility index (Phi) is 8.30. The maximum atomic E-state index is 14.0. The average Bonchev–Trinajstić information content (AvgIpc) is 3.26. The van der Waals surface area contributed by atoms with Gasteiger partial charge in [0.1, 0.15) is 0 Å². The van der Waals surface area contributed by atoms with Crippen LogP contribution in [-0.2, 0) is 26.5 Å². The smallest absolute Gasteiger partial charge is 0.264 e. The van der Waals surface area contributed by atoms with E-state index in [1.807, 2.05) is 68.5 Å². The monoisotopic (exact) mass is 634 g/mol. The highest BCUT2D eigenvalue weighted by molar-refractivity contribution is 14.1. The Balaban J connectivity index is 1.70. The van der Waals surface area contributed by atoms with Crippen LogP contribution in [0.1, 0.15) is 24.5 Å². The van der Waals surface area contributed by atoms with Crippen LogP contribution in [-0.4, -0.2) is 60.7 Å². The molecule has 0 saturated carbocycles. The van der Waals surface area contributed by atoms with Gasteiger partial charge in [0, 0.05) is 40.2 Å². The first-order valence-electron chi connectivity index (χ1n) is 12.6. The molecule has 2 N–H and O–H groups in total. The van der Waals surface area contributed by atoms with Crippen LogP contribution in [0.2, 0.25) is 18.6 Å². The summed E-state index contributed by atoms with van der Waals surface area (Å²) >= 11 is 2.23. The number of carbonyl (C=O) groups excluding carboxylic acids is 2. The third kappa shape index (κ3) is 5.16. The van der Waals surface area contributed by atoms with Crippen LogP contribution in [0, 0.1) is 9.49 Å². The molecule has 0 unspecified atom stereocenters. The van der Waals surface area contributed by atoms with E-state index in [1.165, 1.54) is 0 Å². The lowest BCUT2D eigenvalue weighted by Gasteiger charge is -2.32. The molecular weight excluding hydrogens is 599 g/mol. The Labute approximate surface area is 233 Å². The zero-order valence-corrected chi connectivity index (χ0v) is 24.7. The largest absolute Gasteiger partial charge is 0.432 e. The molecule has 4 rings (SSSR count). The van der Waals surface area contributed by atoms with Crippen LogP contribution in [0.5, 0.6) is 0 Å². The number of amides is 2. The van der Waals surface area contributed by atoms with E-state index in [1.54, 1.807) is 15.9 Å². The van der Waals surface area contributed by atoms with E-state index < -0.39 is 20.0 Å². The molecule has 9 heteroatoms. The van der Waals surface area contributed by atoms with Gasteiger partial charge < -0.3 is 24.4 Å². The molecule has 1 spiro atoms. The van der Waals surface area contributed by atoms with Gasteiger partial charge in [0.05, 0.1) is 24.8 Å². The summed E-state index contributed by atoms with van der Waals surface area (Å²) in [5.41, 5.74) is 0.912. The van der Waals surface area contributed by atoms with Gasteiger partial charge in [0.2, 0.25) is 5.91 Å². The first-order chi connectivity index (χ1) is 17.5. The van der Waals surface area contributed by atoms with Crippen LogP contribution in [0.4, 0.5) is 5.69 Å². The molecule has 2 heterocycles. The number of aliphatic hydroxyl groups excluding tert-OH is 1. The number of anilines is 1. The zero-order chi connectivity index (χ0) is 27.0. The summed E-state index contributed by atoms with van der Waals surface area (Å²) in [6.45, 7) is 10.2. The Bertz CT molecular complexity index is 1170. The summed E-state index contributed by atoms with van der Waals surface area (Å²) in [6.07, 6.45) is 1.08. The molecule has 7 nitrogen and oxygen atoms in total. The lowest BCUT2D eigenvalue weighted by molar-refractivity contribution is -0.149. The summed E-state index contributed by atoms with van der Waals surface area (Å²) in [6, 6.07) is 15.5. The van der Waals surface area contributed by atoms with Crippen molar-refractivity contribution in [2.24, 2.45) is 5.92 Å². The number of hydrogen-bond donors (Lipinski definition) is 2. The molecule has 2 aliphatic heterocycles. The molecule has 4 atom stereocenters. The minimum Gasteiger partial charge on any atom is -0.432 e. The first-order valence-corrected chi connectivity index (χ1v) is 16.7. The van der Waals surface area contributed by atoms with Gasteiger partial charge in [-0.2, -0.15) is 0 Å². The third-order valence-electron chi connectivity index (χ3n) is 7.57. The second-order valence-corrected chi connectivity index (χ2v) is 15.7. The highest BCUT2D eigenvalue weighted by Crippen LogP contribution is 2.59. The maximum absolute atomic E-state index is 14.0. The molecule has 0 radical (unpaired) electrons. The average molecular weight is 635 g/mol. The van der Waals surface area contributed by atoms with E-state index in [4.69, 9.17) is 4.74 Å². The molecule has 2 aromatic rings. The molecule has 0 aliphatic carbocycles. The summed E-state index contributed by atoms with van der Waals surface area (Å²) in [5, 5.41) is 9.65. The molecule has 2 aliphatic rings. The summed E-state index contributed by atoms with van der Waals surface area (Å²) < 4.78 is 7.70. The number of carbonyl (C=O) groups is 2. The number of rotatable bonds is 9. The minimum absolute atomic E-state index is 0.0224. The van der Waals surface area contributed by atoms with Gasteiger partial charge in [-0.25, -0.2) is 0 Å². The van der Waals surface area contributed by atoms with Crippen molar-refractivity contribution in [3.8, 4) is 0 Å². The fourth-order valence-corrected chi connectivity index (χ4v) is 9.12. The SMILES string of the molecule is C=CCN1C(=O)[C@]2(O[C@H](CC(=O)N(CCO)Cc3ccccc3)[C@@H]([Si](C)(C)O)[C@@H]2C)c2cc(I)ccc21. The molecule has 37 heavy (non-hydrogen) atoms. The number of hydrogen-bond acceptors (Lipinski definition) is 5. The first kappa shape index (κ1) is 28.0. The lowest BCUT2D eigenvalue weighted by Crippen LogP contribution is -2.46. The second-order valence-electron chi connectivity index (χ2n) is 10.5. The van der Waals surface area contributed by atoms with Crippen molar-refractivity contribution in [3.63, 3.8) is 0 Å². The number of benzene rings is 2. The number of nitrogens with zero attached hydrogens (tertiary/aromatic N) is 2. The maximum Gasteiger partial charge on any atom is 0.264 e. The predicted octanol–water partition coefficient (Wildman–Crippen LogP) is 4.03. The van der Waals surface area contributed by atoms with Crippen molar-refractivity contribution in [2.45, 2.75) is 50.2 Å². The normalized spacial score (nSPS) is 25.0. The lowest BCUT2D eigenvalue weighted by atomic mass is 9.82. The van der Waals surface area contributed by atoms with Crippen molar-refractivity contribution in [3.05, 3.63) is 75.9 Å². The van der Waals surface area contributed by atoms with Gasteiger partial charge in [-0.05, 0) is 59.4 Å². The van der Waals surface area contributed by atoms with Gasteiger partial charge >= 0.3 is 0 Å². The fraction of sp³-hybridized carbons (Fsp3) is 0.429. The van der Waals surface area contributed by atoms with Crippen molar-refractivity contribution in [1.82, 2.24) is 4.90 Å². The van der Waals surface area contributed by atoms with E-state index in [2.05, 4.69) is 29.2 Å². The molecular formula is C28H35IN2O5Si. The third-order valence-corrected chi connectivity index (χ3v) is 10.7. The number of fused-ring (bicyclic) bond motifs is 2. The molecule has 0 aromatic heterocycles. The number of halogens is 1. The van der Waals surface area contributed by atoms with Gasteiger partial charge in [-0.3, -0.25) is 9.59 Å². The summed E-state index contributed by atoms with van der Waals surface area (Å²) in [5.74, 6) is -0.685. The fourth-order valence-electron chi connectivity index (χ4n) is 6.08. The van der Waals surface area contributed by atoms with Crippen molar-refractivity contribution in [1.29, 1.82) is 0 Å². The summed E-state index contributed by atoms with van der Waals surface area (Å²) in [7, 11) is -2.88. The van der Waals surface area contributed by atoms with Crippen LogP contribution in [0.25, 0.3) is 0 Å². The Morgan fingerprint density at radius 2 is 1.97 bits per heavy atom. The second kappa shape index (κ2) is 11.0. The Hall–Kier alpha value is -2.05. The summed E-state index contributed by atoms with van der Waals surface area (Å²) in [4.78, 5) is 42.3. The topological polar surface area (TPSA) is 90.3 Å². The van der Waals surface area contributed by atoms with Crippen LogP contribution >= 0.6 is 22.6 Å². The van der Waals surface area contributed by atoms with Gasteiger partial charge in [-0.1, -0.05) is 43.3 Å². The van der Waals surface area contributed by atoms with E-state index in [9.17, 15) is 19.5 Å². The Morgan fingerprint density at radius 1 is 1.27 bits per heavy atom. The number of ether oxygens (including phenoxy) is 1. The molecule has 198 valence electrons. The highest BCUT2D eigenvalue weighted by atomic mass is 127. The molecule has 1 fully saturated rings. The predicted molar refractivity (Wildman–Crippen MR) is 154 cm³/mol. The highest BCUT2D eigenvalue weighted by Gasteiger charge is 2.66. The number of aliphatic hydroxyl groups is 1. The van der Waals surface area contributed by atoms with E-state index in [0.29, 0.717) is 13.1 Å². The molecule has 0 bridgehead atoms. The van der Waals surface area contributed by atoms with Crippen LogP contribution < -0.4 is 4.90 Å². The van der Waals surface area contributed by atoms with Gasteiger partial charge in [0.25, 0.3) is 5.91 Å². The van der Waals surface area contributed by atoms with E-state index >= 15 is 0 Å². The zero-order valence-electron chi connectivity index (χ0n) is 21.6. The molecule has 1 saturated heterocycles. The molecule has 2 aromatic carbocycles. The minimum atomic E-state index is -2.88. The van der Waals surface area contributed by atoms with Crippen LogP contribution in [0.3, 0.4) is 0 Å². The van der Waals surface area contributed by atoms with E-state index in [0.717, 1.165) is 20.4 Å². The van der Waals surface area contributed by atoms with Crippen molar-refractivity contribution >= 4 is 48.4 Å². The Morgan fingerprint density at radius 3 is 2.59 bits per heavy atom. The van der Waals surface area contributed by atoms with Crippen molar-refractivity contribution < 1.29 is 24.2 Å². The van der Waals surface area contributed by atoms with Crippen molar-refractivity contribution in [2.75, 3.05) is 24.6 Å². The van der Waals surface area contributed by atoms with Gasteiger partial charge in [-0.15, -0.1) is 6.58 Å². The molecule has 2 amide bonds. The standard InChI is InChI=1S/C28H35IN2O5Si/c1-5-13-31-23-12-11-21(29)16-22(23)28(27(31)34)19(2)26(37(3,4)35)24(36-28)17-25(33)30(14-15-32)18-20-9-7-6-8-10-20/h5-12,16,19,24,26,32,35H,1,13-15,17-18H2,2-4H3/t19-,24+,26-,28+/m0/s1. The van der Waals surface area contributed by atoms with Crippen LogP contribution in [0.15, 0.2) is 61.2 Å². The van der Waals surface area contributed by atoms with Gasteiger partial charge in [0.15, 0.2) is 13.9 Å².